The van der Waals surface area contributed by atoms with Gasteiger partial charge in [0, 0.05) is 18.3 Å². The fourth-order valence-corrected chi connectivity index (χ4v) is 2.08. The molecule has 0 aliphatic carbocycles. The zero-order valence-electron chi connectivity index (χ0n) is 11.4. The first-order chi connectivity index (χ1) is 10.0. The fraction of sp³-hybridized carbons (Fsp3) is 0.143. The normalized spacial score (nSPS) is 10.1. The summed E-state index contributed by atoms with van der Waals surface area (Å²) in [6.45, 7) is 0. The van der Waals surface area contributed by atoms with Gasteiger partial charge in [0.25, 0.3) is 5.91 Å². The monoisotopic (exact) mass is 325 g/mol. The lowest BCUT2D eigenvalue weighted by Gasteiger charge is -2.11. The molecule has 0 spiro atoms. The molecule has 0 radical (unpaired) electrons. The van der Waals surface area contributed by atoms with E-state index in [0.29, 0.717) is 27.8 Å². The lowest BCUT2D eigenvalue weighted by Crippen LogP contribution is -2.14. The Hall–Kier alpha value is -1.98. The molecule has 0 atom stereocenters. The number of pyridine rings is 1. The van der Waals surface area contributed by atoms with Crippen molar-refractivity contribution in [2.75, 3.05) is 24.8 Å². The smallest absolute Gasteiger partial charge is 0.257 e. The van der Waals surface area contributed by atoms with E-state index in [9.17, 15) is 4.79 Å². The maximum absolute atomic E-state index is 12.3. The highest BCUT2D eigenvalue weighted by atomic mass is 35.5. The van der Waals surface area contributed by atoms with Crippen molar-refractivity contribution in [3.8, 4) is 5.75 Å². The van der Waals surface area contributed by atoms with Crippen molar-refractivity contribution in [1.82, 2.24) is 4.98 Å². The predicted octanol–water partition coefficient (Wildman–Crippen LogP) is 3.69. The zero-order chi connectivity index (χ0) is 15.4. The van der Waals surface area contributed by atoms with Crippen molar-refractivity contribution in [2.45, 2.75) is 0 Å². The highest BCUT2D eigenvalue weighted by molar-refractivity contribution is 6.34. The lowest BCUT2D eigenvalue weighted by atomic mass is 10.2. The Kier molecular flexibility index (Phi) is 4.88. The largest absolute Gasteiger partial charge is 0.495 e. The molecule has 2 rings (SSSR count). The molecule has 0 aliphatic rings. The van der Waals surface area contributed by atoms with E-state index in [-0.39, 0.29) is 10.9 Å². The van der Waals surface area contributed by atoms with E-state index in [4.69, 9.17) is 27.9 Å². The second-order valence-electron chi connectivity index (χ2n) is 4.10. The molecule has 2 N–H and O–H groups in total. The summed E-state index contributed by atoms with van der Waals surface area (Å²) in [5, 5.41) is 6.32. The van der Waals surface area contributed by atoms with Crippen LogP contribution in [-0.4, -0.2) is 25.0 Å². The molecule has 0 fully saturated rings. The van der Waals surface area contributed by atoms with Gasteiger partial charge in [0.1, 0.15) is 11.6 Å². The van der Waals surface area contributed by atoms with Crippen LogP contribution in [0.4, 0.5) is 11.5 Å². The van der Waals surface area contributed by atoms with Gasteiger partial charge in [-0.05, 0) is 24.3 Å². The zero-order valence-corrected chi connectivity index (χ0v) is 12.9. The first-order valence-corrected chi connectivity index (χ1v) is 6.79. The lowest BCUT2D eigenvalue weighted by molar-refractivity contribution is 0.102. The van der Waals surface area contributed by atoms with Gasteiger partial charge in [-0.3, -0.25) is 4.79 Å². The van der Waals surface area contributed by atoms with Crippen LogP contribution >= 0.6 is 23.2 Å². The summed E-state index contributed by atoms with van der Waals surface area (Å²) >= 11 is 11.9. The van der Waals surface area contributed by atoms with Crippen LogP contribution in [0.15, 0.2) is 30.5 Å². The molecule has 1 amide bonds. The van der Waals surface area contributed by atoms with Crippen molar-refractivity contribution in [2.24, 2.45) is 0 Å². The van der Waals surface area contributed by atoms with Gasteiger partial charge in [0.05, 0.1) is 23.4 Å². The Morgan fingerprint density at radius 1 is 1.29 bits per heavy atom. The van der Waals surface area contributed by atoms with E-state index in [1.165, 1.54) is 13.3 Å². The summed E-state index contributed by atoms with van der Waals surface area (Å²) < 4.78 is 5.18. The number of rotatable bonds is 4. The van der Waals surface area contributed by atoms with Gasteiger partial charge in [-0.15, -0.1) is 0 Å². The number of benzene rings is 1. The molecule has 21 heavy (non-hydrogen) atoms. The van der Waals surface area contributed by atoms with Crippen molar-refractivity contribution < 1.29 is 9.53 Å². The number of methoxy groups -OCH3 is 1. The Morgan fingerprint density at radius 2 is 2.05 bits per heavy atom. The topological polar surface area (TPSA) is 63.2 Å². The molecule has 7 heteroatoms. The van der Waals surface area contributed by atoms with Gasteiger partial charge in [0.2, 0.25) is 0 Å². The van der Waals surface area contributed by atoms with Crippen LogP contribution in [-0.2, 0) is 0 Å². The third-order valence-electron chi connectivity index (χ3n) is 2.77. The van der Waals surface area contributed by atoms with E-state index < -0.39 is 0 Å². The maximum atomic E-state index is 12.3. The van der Waals surface area contributed by atoms with Crippen molar-refractivity contribution >= 4 is 40.6 Å². The van der Waals surface area contributed by atoms with Gasteiger partial charge in [-0.25, -0.2) is 4.98 Å². The van der Waals surface area contributed by atoms with Crippen molar-refractivity contribution in [3.63, 3.8) is 0 Å². The third kappa shape index (κ3) is 3.56. The number of aromatic nitrogens is 1. The van der Waals surface area contributed by atoms with E-state index >= 15 is 0 Å². The van der Waals surface area contributed by atoms with Gasteiger partial charge in [-0.2, -0.15) is 0 Å². The third-order valence-corrected chi connectivity index (χ3v) is 3.30. The number of nitrogens with one attached hydrogen (secondary N) is 2. The number of halogens is 2. The van der Waals surface area contributed by atoms with Crippen molar-refractivity contribution in [1.29, 1.82) is 0 Å². The number of carbonyl (C=O) groups is 1. The average Bonchev–Trinajstić information content (AvgIpc) is 2.48. The van der Waals surface area contributed by atoms with E-state index in [1.54, 1.807) is 31.3 Å². The summed E-state index contributed by atoms with van der Waals surface area (Å²) in [4.78, 5) is 16.4. The number of carbonyl (C=O) groups excluding carboxylic acids is 1. The Labute approximate surface area is 132 Å². The van der Waals surface area contributed by atoms with Gasteiger partial charge in [-0.1, -0.05) is 23.2 Å². The van der Waals surface area contributed by atoms with Crippen LogP contribution in [0.2, 0.25) is 10.0 Å². The highest BCUT2D eigenvalue weighted by Crippen LogP contribution is 2.29. The van der Waals surface area contributed by atoms with Gasteiger partial charge < -0.3 is 15.4 Å². The number of hydrogen-bond acceptors (Lipinski definition) is 4. The average molecular weight is 326 g/mol. The number of ether oxygens (including phenoxy) is 1. The Balaban J connectivity index is 2.32. The Bertz CT molecular complexity index is 677. The molecular weight excluding hydrogens is 313 g/mol. The molecule has 0 aliphatic heterocycles. The standard InChI is InChI=1S/C14H13Cl2N3O2/c1-17-13-6-9(10(16)7-18-13)14(20)19-11-5-8(15)3-4-12(11)21-2/h3-7H,1-2H3,(H,17,18)(H,19,20). The predicted molar refractivity (Wildman–Crippen MR) is 84.8 cm³/mol. The van der Waals surface area contributed by atoms with Crippen LogP contribution < -0.4 is 15.4 Å². The highest BCUT2D eigenvalue weighted by Gasteiger charge is 2.14. The van der Waals surface area contributed by atoms with Crippen LogP contribution in [0.1, 0.15) is 10.4 Å². The summed E-state index contributed by atoms with van der Waals surface area (Å²) in [5.41, 5.74) is 0.770. The van der Waals surface area contributed by atoms with Gasteiger partial charge in [0.15, 0.2) is 0 Å². The molecule has 1 aromatic carbocycles. The maximum Gasteiger partial charge on any atom is 0.257 e. The SMILES string of the molecule is CNc1cc(C(=O)Nc2cc(Cl)ccc2OC)c(Cl)cn1. The molecule has 1 aromatic heterocycles. The second-order valence-corrected chi connectivity index (χ2v) is 4.94. The summed E-state index contributed by atoms with van der Waals surface area (Å²) in [5.74, 6) is 0.675. The minimum absolute atomic E-state index is 0.257. The second kappa shape index (κ2) is 6.65. The Morgan fingerprint density at radius 3 is 2.71 bits per heavy atom. The molecule has 1 heterocycles. The van der Waals surface area contributed by atoms with Crippen LogP contribution in [0.25, 0.3) is 0 Å². The molecule has 0 unspecified atom stereocenters. The molecule has 110 valence electrons. The molecule has 0 saturated carbocycles. The van der Waals surface area contributed by atoms with E-state index in [2.05, 4.69) is 15.6 Å². The minimum atomic E-state index is -0.375. The molecule has 0 saturated heterocycles. The number of amides is 1. The molecule has 0 bridgehead atoms. The van der Waals surface area contributed by atoms with Crippen LogP contribution in [0.5, 0.6) is 5.75 Å². The first-order valence-electron chi connectivity index (χ1n) is 6.03. The minimum Gasteiger partial charge on any atom is -0.495 e. The fourth-order valence-electron chi connectivity index (χ4n) is 1.72. The summed E-state index contributed by atoms with van der Waals surface area (Å²) in [6.07, 6.45) is 1.41. The summed E-state index contributed by atoms with van der Waals surface area (Å²) in [7, 11) is 3.22. The molecule has 5 nitrogen and oxygen atoms in total. The molecule has 2 aromatic rings. The molecular formula is C14H13Cl2N3O2. The van der Waals surface area contributed by atoms with Crippen LogP contribution in [0.3, 0.4) is 0 Å². The summed E-state index contributed by atoms with van der Waals surface area (Å²) in [6, 6.07) is 6.51. The van der Waals surface area contributed by atoms with Crippen molar-refractivity contribution in [3.05, 3.63) is 46.1 Å². The number of hydrogen-bond donors (Lipinski definition) is 2. The van der Waals surface area contributed by atoms with E-state index in [1.807, 2.05) is 0 Å². The number of anilines is 2. The van der Waals surface area contributed by atoms with Gasteiger partial charge >= 0.3 is 0 Å². The van der Waals surface area contributed by atoms with E-state index in [0.717, 1.165) is 0 Å². The number of nitrogens with zero attached hydrogens (tertiary/aromatic N) is 1. The quantitative estimate of drug-likeness (QED) is 0.899. The van der Waals surface area contributed by atoms with Crippen LogP contribution in [0, 0.1) is 0 Å². The first kappa shape index (κ1) is 15.4.